The highest BCUT2D eigenvalue weighted by Crippen LogP contribution is 2.32. The van der Waals surface area contributed by atoms with Crippen molar-refractivity contribution >= 4 is 5.65 Å². The maximum Gasteiger partial charge on any atom is 0.136 e. The SMILES string of the molecule is C=C(NCCOC)C(=C\CCC)/C(CCOc1cc(F)ccc1-c1ccc2ncc(CCN)n2c1)=C(/C)NC. The van der Waals surface area contributed by atoms with E-state index in [1.807, 2.05) is 42.9 Å². The largest absolute Gasteiger partial charge is 0.492 e. The summed E-state index contributed by atoms with van der Waals surface area (Å²) in [5.41, 5.74) is 13.4. The van der Waals surface area contributed by atoms with Crippen molar-refractivity contribution in [3.63, 3.8) is 0 Å². The van der Waals surface area contributed by atoms with Crippen molar-refractivity contribution in [2.24, 2.45) is 5.73 Å². The van der Waals surface area contributed by atoms with Gasteiger partial charge in [-0.1, -0.05) is 26.0 Å². The molecule has 3 aromatic rings. The first-order valence-electron chi connectivity index (χ1n) is 13.5. The van der Waals surface area contributed by atoms with Gasteiger partial charge in [0.25, 0.3) is 0 Å². The standard InChI is InChI=1S/C31H42FN5O2/c1-6-7-8-27(23(3)35-16-18-38-5)28(22(2)34-4)14-17-39-30-19-25(32)10-11-29(30)24-9-12-31-36-20-26(13-15-33)37(31)21-24/h8-12,19-21,34-35H,3,6-7,13-18,33H2,1-2,4-5H3/b27-8+,28-22-. The van der Waals surface area contributed by atoms with Crippen LogP contribution in [0.1, 0.15) is 38.8 Å². The zero-order valence-electron chi connectivity index (χ0n) is 23.6. The van der Waals surface area contributed by atoms with E-state index in [-0.39, 0.29) is 5.82 Å². The number of imidazole rings is 1. The van der Waals surface area contributed by atoms with Crippen molar-refractivity contribution < 1.29 is 13.9 Å². The normalized spacial score (nSPS) is 12.4. The van der Waals surface area contributed by atoms with Crippen LogP contribution in [0.15, 0.2) is 77.9 Å². The molecule has 39 heavy (non-hydrogen) atoms. The number of hydrogen-bond donors (Lipinski definition) is 3. The molecule has 2 aromatic heterocycles. The van der Waals surface area contributed by atoms with Gasteiger partial charge in [-0.3, -0.25) is 0 Å². The highest BCUT2D eigenvalue weighted by molar-refractivity contribution is 5.71. The third-order valence-electron chi connectivity index (χ3n) is 6.61. The van der Waals surface area contributed by atoms with Crippen LogP contribution in [0.2, 0.25) is 0 Å². The minimum Gasteiger partial charge on any atom is -0.492 e. The van der Waals surface area contributed by atoms with E-state index in [1.165, 1.54) is 12.1 Å². The fraction of sp³-hybridized carbons (Fsp3) is 0.387. The van der Waals surface area contributed by atoms with Crippen molar-refractivity contribution in [2.45, 2.75) is 39.5 Å². The van der Waals surface area contributed by atoms with Crippen molar-refractivity contribution in [3.05, 3.63) is 89.4 Å². The molecular weight excluding hydrogens is 493 g/mol. The second-order valence-electron chi connectivity index (χ2n) is 9.33. The lowest BCUT2D eigenvalue weighted by molar-refractivity contribution is 0.202. The molecule has 3 rings (SSSR count). The number of nitrogens with zero attached hydrogens (tertiary/aromatic N) is 2. The number of methoxy groups -OCH3 is 1. The average Bonchev–Trinajstić information content (AvgIpc) is 3.34. The Bertz CT molecular complexity index is 1310. The molecule has 1 aromatic carbocycles. The number of unbranched alkanes of at least 4 members (excludes halogenated alkanes) is 1. The average molecular weight is 536 g/mol. The van der Waals surface area contributed by atoms with Crippen molar-refractivity contribution in [2.75, 3.05) is 40.5 Å². The van der Waals surface area contributed by atoms with Gasteiger partial charge < -0.3 is 30.2 Å². The van der Waals surface area contributed by atoms with Gasteiger partial charge in [-0.05, 0) is 55.3 Å². The summed E-state index contributed by atoms with van der Waals surface area (Å²) in [5, 5.41) is 6.65. The van der Waals surface area contributed by atoms with E-state index in [0.717, 1.165) is 64.3 Å². The molecule has 0 aliphatic heterocycles. The highest BCUT2D eigenvalue weighted by Gasteiger charge is 2.15. The summed E-state index contributed by atoms with van der Waals surface area (Å²) in [5.74, 6) is 0.148. The molecule has 0 saturated carbocycles. The van der Waals surface area contributed by atoms with Crippen LogP contribution >= 0.6 is 0 Å². The second kappa shape index (κ2) is 15.1. The van der Waals surface area contributed by atoms with E-state index in [9.17, 15) is 4.39 Å². The molecule has 0 aliphatic rings. The molecule has 2 heterocycles. The minimum absolute atomic E-state index is 0.345. The van der Waals surface area contributed by atoms with Crippen LogP contribution in [0.4, 0.5) is 4.39 Å². The number of ether oxygens (including phenoxy) is 2. The Morgan fingerprint density at radius 3 is 2.77 bits per heavy atom. The molecule has 0 unspecified atom stereocenters. The van der Waals surface area contributed by atoms with Gasteiger partial charge in [0.1, 0.15) is 17.2 Å². The Hall–Kier alpha value is -3.62. The minimum atomic E-state index is -0.345. The third-order valence-corrected chi connectivity index (χ3v) is 6.61. The van der Waals surface area contributed by atoms with Crippen LogP contribution in [-0.2, 0) is 11.2 Å². The summed E-state index contributed by atoms with van der Waals surface area (Å²) in [6.45, 7) is 10.6. The first-order chi connectivity index (χ1) is 18.9. The van der Waals surface area contributed by atoms with Crippen LogP contribution < -0.4 is 21.1 Å². The quantitative estimate of drug-likeness (QED) is 0.169. The molecule has 0 spiro atoms. The van der Waals surface area contributed by atoms with Crippen LogP contribution in [0.25, 0.3) is 16.8 Å². The summed E-state index contributed by atoms with van der Waals surface area (Å²) in [6, 6.07) is 8.59. The van der Waals surface area contributed by atoms with Gasteiger partial charge in [-0.15, -0.1) is 0 Å². The topological polar surface area (TPSA) is 85.8 Å². The molecule has 210 valence electrons. The maximum atomic E-state index is 14.4. The lowest BCUT2D eigenvalue weighted by Crippen LogP contribution is -2.21. The Morgan fingerprint density at radius 2 is 2.05 bits per heavy atom. The van der Waals surface area contributed by atoms with Gasteiger partial charge in [0.15, 0.2) is 0 Å². The Kier molecular flexibility index (Phi) is 11.6. The van der Waals surface area contributed by atoms with Crippen molar-refractivity contribution in [1.29, 1.82) is 0 Å². The number of hydrogen-bond acceptors (Lipinski definition) is 6. The summed E-state index contributed by atoms with van der Waals surface area (Å²) in [7, 11) is 3.59. The number of rotatable bonds is 16. The van der Waals surface area contributed by atoms with Crippen LogP contribution in [0.5, 0.6) is 5.75 Å². The summed E-state index contributed by atoms with van der Waals surface area (Å²) < 4.78 is 27.8. The van der Waals surface area contributed by atoms with E-state index < -0.39 is 0 Å². The van der Waals surface area contributed by atoms with Crippen molar-refractivity contribution in [1.82, 2.24) is 20.0 Å². The first kappa shape index (κ1) is 29.9. The molecule has 0 bridgehead atoms. The van der Waals surface area contributed by atoms with Gasteiger partial charge in [-0.25, -0.2) is 9.37 Å². The molecule has 8 heteroatoms. The number of benzene rings is 1. The smallest absolute Gasteiger partial charge is 0.136 e. The number of halogens is 1. The maximum absolute atomic E-state index is 14.4. The number of nitrogens with two attached hydrogens (primary N) is 1. The van der Waals surface area contributed by atoms with Crippen LogP contribution in [0.3, 0.4) is 0 Å². The van der Waals surface area contributed by atoms with E-state index in [4.69, 9.17) is 15.2 Å². The molecule has 7 nitrogen and oxygen atoms in total. The Balaban J connectivity index is 1.86. The predicted molar refractivity (Wildman–Crippen MR) is 157 cm³/mol. The third kappa shape index (κ3) is 7.94. The molecule has 0 saturated heterocycles. The van der Waals surface area contributed by atoms with Gasteiger partial charge in [0.2, 0.25) is 0 Å². The molecule has 0 atom stereocenters. The highest BCUT2D eigenvalue weighted by atomic mass is 19.1. The number of allylic oxidation sites excluding steroid dienone is 3. The van der Waals surface area contributed by atoms with Crippen LogP contribution in [0, 0.1) is 5.82 Å². The summed E-state index contributed by atoms with van der Waals surface area (Å²) >= 11 is 0. The Morgan fingerprint density at radius 1 is 1.23 bits per heavy atom. The summed E-state index contributed by atoms with van der Waals surface area (Å²) in [6.07, 6.45) is 9.35. The molecule has 0 radical (unpaired) electrons. The monoisotopic (exact) mass is 535 g/mol. The lowest BCUT2D eigenvalue weighted by atomic mass is 9.96. The number of fused-ring (bicyclic) bond motifs is 1. The van der Waals surface area contributed by atoms with Crippen molar-refractivity contribution in [3.8, 4) is 16.9 Å². The van der Waals surface area contributed by atoms with Gasteiger partial charge in [0, 0.05) is 80.2 Å². The molecular formula is C31H42FN5O2. The first-order valence-corrected chi connectivity index (χ1v) is 13.5. The Labute approximate surface area is 231 Å². The molecule has 0 amide bonds. The van der Waals surface area contributed by atoms with E-state index in [0.29, 0.717) is 38.5 Å². The van der Waals surface area contributed by atoms with E-state index in [2.05, 4.69) is 35.2 Å². The number of pyridine rings is 1. The van der Waals surface area contributed by atoms with E-state index >= 15 is 0 Å². The molecule has 0 fully saturated rings. The van der Waals surface area contributed by atoms with E-state index in [1.54, 1.807) is 13.2 Å². The molecule has 0 aliphatic carbocycles. The van der Waals surface area contributed by atoms with Gasteiger partial charge in [0.05, 0.1) is 13.2 Å². The van der Waals surface area contributed by atoms with Crippen LogP contribution in [-0.4, -0.2) is 49.8 Å². The second-order valence-corrected chi connectivity index (χ2v) is 9.33. The molecule has 4 N–H and O–H groups in total. The predicted octanol–water partition coefficient (Wildman–Crippen LogP) is 5.38. The fourth-order valence-corrected chi connectivity index (χ4v) is 4.43. The van der Waals surface area contributed by atoms with Gasteiger partial charge in [-0.2, -0.15) is 0 Å². The zero-order valence-corrected chi connectivity index (χ0v) is 23.6. The number of aromatic nitrogens is 2. The lowest BCUT2D eigenvalue weighted by Gasteiger charge is -2.20. The number of nitrogens with one attached hydrogen (secondary N) is 2. The summed E-state index contributed by atoms with van der Waals surface area (Å²) in [4.78, 5) is 4.46. The van der Waals surface area contributed by atoms with Gasteiger partial charge >= 0.3 is 0 Å². The zero-order chi connectivity index (χ0) is 28.2. The fourth-order valence-electron chi connectivity index (χ4n) is 4.43.